The molecule has 0 aliphatic heterocycles. The number of hydrogen-bond donors (Lipinski definition) is 1. The molecule has 0 aromatic rings. The molecule has 0 radical (unpaired) electrons. The molecular formula is C10H15F3N2. The number of nitrogens with one attached hydrogen (secondary N) is 1. The van der Waals surface area contributed by atoms with E-state index in [1.165, 1.54) is 0 Å². The molecule has 15 heavy (non-hydrogen) atoms. The van der Waals surface area contributed by atoms with Gasteiger partial charge in [-0.25, -0.2) is 0 Å². The van der Waals surface area contributed by atoms with Crippen LogP contribution in [0.15, 0.2) is 0 Å². The summed E-state index contributed by atoms with van der Waals surface area (Å²) in [7, 11) is 0. The fourth-order valence-corrected chi connectivity index (χ4v) is 1.48. The monoisotopic (exact) mass is 220 g/mol. The van der Waals surface area contributed by atoms with Crippen LogP contribution in [-0.2, 0) is 0 Å². The highest BCUT2D eigenvalue weighted by Gasteiger charge is 2.34. The first-order chi connectivity index (χ1) is 6.85. The molecule has 1 fully saturated rings. The number of hydrogen-bond acceptors (Lipinski definition) is 2. The van der Waals surface area contributed by atoms with Crippen LogP contribution < -0.4 is 5.32 Å². The van der Waals surface area contributed by atoms with E-state index in [-0.39, 0.29) is 12.8 Å². The molecule has 0 amide bonds. The molecule has 1 atom stereocenters. The van der Waals surface area contributed by atoms with E-state index in [9.17, 15) is 13.2 Å². The van der Waals surface area contributed by atoms with Crippen molar-refractivity contribution < 1.29 is 13.2 Å². The smallest absolute Gasteiger partial charge is 0.297 e. The third kappa shape index (κ3) is 5.03. The Morgan fingerprint density at radius 3 is 2.33 bits per heavy atom. The van der Waals surface area contributed by atoms with E-state index in [1.54, 1.807) is 6.92 Å². The molecule has 1 aliphatic rings. The predicted octanol–water partition coefficient (Wildman–Crippen LogP) is 2.75. The normalized spacial score (nSPS) is 20.7. The van der Waals surface area contributed by atoms with Gasteiger partial charge in [-0.05, 0) is 32.6 Å². The molecule has 1 N–H and O–H groups in total. The molecule has 0 saturated heterocycles. The van der Waals surface area contributed by atoms with Gasteiger partial charge in [0.2, 0.25) is 0 Å². The molecule has 86 valence electrons. The highest BCUT2D eigenvalue weighted by molar-refractivity contribution is 5.06. The molecule has 1 saturated carbocycles. The highest BCUT2D eigenvalue weighted by Crippen LogP contribution is 2.27. The van der Waals surface area contributed by atoms with Crippen LogP contribution in [0.25, 0.3) is 0 Å². The van der Waals surface area contributed by atoms with Gasteiger partial charge in [-0.2, -0.15) is 18.4 Å². The summed E-state index contributed by atoms with van der Waals surface area (Å²) in [6.07, 6.45) is -2.62. The number of halogens is 3. The SMILES string of the molecule is CC(C#N)(CCCC(F)(F)F)NC1CC1. The Morgan fingerprint density at radius 2 is 1.93 bits per heavy atom. The summed E-state index contributed by atoms with van der Waals surface area (Å²) in [5.41, 5.74) is -0.799. The average molecular weight is 220 g/mol. The fraction of sp³-hybridized carbons (Fsp3) is 0.900. The second-order valence-corrected chi connectivity index (χ2v) is 4.33. The lowest BCUT2D eigenvalue weighted by molar-refractivity contribution is -0.136. The lowest BCUT2D eigenvalue weighted by atomic mass is 9.96. The zero-order valence-electron chi connectivity index (χ0n) is 8.69. The second kappa shape index (κ2) is 4.40. The van der Waals surface area contributed by atoms with Crippen LogP contribution in [-0.4, -0.2) is 17.8 Å². The van der Waals surface area contributed by atoms with Crippen molar-refractivity contribution in [1.82, 2.24) is 5.32 Å². The third-order valence-corrected chi connectivity index (χ3v) is 2.48. The number of nitriles is 1. The Labute approximate surface area is 87.5 Å². The van der Waals surface area contributed by atoms with Gasteiger partial charge in [0.1, 0.15) is 5.54 Å². The van der Waals surface area contributed by atoms with E-state index in [1.807, 2.05) is 0 Å². The third-order valence-electron chi connectivity index (χ3n) is 2.48. The van der Waals surface area contributed by atoms with E-state index < -0.39 is 18.1 Å². The van der Waals surface area contributed by atoms with Gasteiger partial charge >= 0.3 is 6.18 Å². The first kappa shape index (κ1) is 12.3. The molecule has 0 heterocycles. The Morgan fingerprint density at radius 1 is 1.33 bits per heavy atom. The van der Waals surface area contributed by atoms with Crippen molar-refractivity contribution >= 4 is 0 Å². The maximum absolute atomic E-state index is 11.9. The molecule has 2 nitrogen and oxygen atoms in total. The van der Waals surface area contributed by atoms with Gasteiger partial charge in [0.05, 0.1) is 6.07 Å². The standard InChI is InChI=1S/C10H15F3N2/c1-9(7-14,15-8-3-4-8)5-2-6-10(11,12)13/h8,15H,2-6H2,1H3. The van der Waals surface area contributed by atoms with Crippen molar-refractivity contribution in [3.8, 4) is 6.07 Å². The van der Waals surface area contributed by atoms with E-state index in [0.29, 0.717) is 6.04 Å². The topological polar surface area (TPSA) is 35.8 Å². The molecule has 5 heteroatoms. The van der Waals surface area contributed by atoms with Crippen LogP contribution in [0.3, 0.4) is 0 Å². The van der Waals surface area contributed by atoms with Gasteiger partial charge in [-0.15, -0.1) is 0 Å². The first-order valence-electron chi connectivity index (χ1n) is 5.10. The summed E-state index contributed by atoms with van der Waals surface area (Å²) in [4.78, 5) is 0. The van der Waals surface area contributed by atoms with Crippen LogP contribution in [0, 0.1) is 11.3 Å². The second-order valence-electron chi connectivity index (χ2n) is 4.33. The van der Waals surface area contributed by atoms with Crippen LogP contribution in [0.5, 0.6) is 0 Å². The van der Waals surface area contributed by atoms with Crippen molar-refractivity contribution in [3.63, 3.8) is 0 Å². The minimum atomic E-state index is -4.12. The molecule has 0 aromatic carbocycles. The number of nitrogens with zero attached hydrogens (tertiary/aromatic N) is 1. The van der Waals surface area contributed by atoms with Crippen LogP contribution in [0.4, 0.5) is 13.2 Å². The zero-order chi connectivity index (χ0) is 11.5. The molecule has 0 bridgehead atoms. The van der Waals surface area contributed by atoms with Gasteiger partial charge in [0, 0.05) is 12.5 Å². The molecule has 1 unspecified atom stereocenters. The number of alkyl halides is 3. The van der Waals surface area contributed by atoms with E-state index in [2.05, 4.69) is 11.4 Å². The van der Waals surface area contributed by atoms with Crippen molar-refractivity contribution in [2.24, 2.45) is 0 Å². The highest BCUT2D eigenvalue weighted by atomic mass is 19.4. The fourth-order valence-electron chi connectivity index (χ4n) is 1.48. The summed E-state index contributed by atoms with van der Waals surface area (Å²) in [6.45, 7) is 1.67. The van der Waals surface area contributed by atoms with Gasteiger partial charge in [0.15, 0.2) is 0 Å². The van der Waals surface area contributed by atoms with E-state index >= 15 is 0 Å². The quantitative estimate of drug-likeness (QED) is 0.773. The Bertz CT molecular complexity index is 252. The van der Waals surface area contributed by atoms with Gasteiger partial charge < -0.3 is 0 Å². The number of rotatable bonds is 5. The van der Waals surface area contributed by atoms with Crippen molar-refractivity contribution in [2.75, 3.05) is 0 Å². The zero-order valence-corrected chi connectivity index (χ0v) is 8.69. The van der Waals surface area contributed by atoms with Gasteiger partial charge in [0.25, 0.3) is 0 Å². The summed E-state index contributed by atoms with van der Waals surface area (Å²) >= 11 is 0. The van der Waals surface area contributed by atoms with E-state index in [4.69, 9.17) is 5.26 Å². The molecule has 0 spiro atoms. The molecule has 0 aromatic heterocycles. The molecule has 1 aliphatic carbocycles. The van der Waals surface area contributed by atoms with Crippen molar-refractivity contribution in [3.05, 3.63) is 0 Å². The Balaban J connectivity index is 2.29. The maximum Gasteiger partial charge on any atom is 0.389 e. The minimum absolute atomic E-state index is 0.00722. The predicted molar refractivity (Wildman–Crippen MR) is 50.1 cm³/mol. The summed E-state index contributed by atoms with van der Waals surface area (Å²) in [5, 5.41) is 12.0. The lowest BCUT2D eigenvalue weighted by Gasteiger charge is -2.23. The Kier molecular flexibility index (Phi) is 3.61. The van der Waals surface area contributed by atoms with Crippen molar-refractivity contribution in [1.29, 1.82) is 5.26 Å². The minimum Gasteiger partial charge on any atom is -0.297 e. The summed E-state index contributed by atoms with van der Waals surface area (Å²) < 4.78 is 35.7. The van der Waals surface area contributed by atoms with Gasteiger partial charge in [-0.3, -0.25) is 5.32 Å². The first-order valence-corrected chi connectivity index (χ1v) is 5.10. The van der Waals surface area contributed by atoms with Crippen LogP contribution in [0.1, 0.15) is 39.0 Å². The average Bonchev–Trinajstić information content (AvgIpc) is 2.86. The van der Waals surface area contributed by atoms with E-state index in [0.717, 1.165) is 12.8 Å². The molecular weight excluding hydrogens is 205 g/mol. The summed E-state index contributed by atoms with van der Waals surface area (Å²) in [6, 6.07) is 2.39. The lowest BCUT2D eigenvalue weighted by Crippen LogP contribution is -2.42. The largest absolute Gasteiger partial charge is 0.389 e. The van der Waals surface area contributed by atoms with Crippen molar-refractivity contribution in [2.45, 2.75) is 56.8 Å². The maximum atomic E-state index is 11.9. The van der Waals surface area contributed by atoms with Gasteiger partial charge in [-0.1, -0.05) is 0 Å². The van der Waals surface area contributed by atoms with Crippen LogP contribution in [0.2, 0.25) is 0 Å². The van der Waals surface area contributed by atoms with Crippen LogP contribution >= 0.6 is 0 Å². The molecule has 1 rings (SSSR count). The summed E-state index contributed by atoms with van der Waals surface area (Å²) in [5.74, 6) is 0. The Hall–Kier alpha value is -0.760.